The number of carboxylic acids is 1. The van der Waals surface area contributed by atoms with E-state index in [1.807, 2.05) is 58.0 Å². The SMILES string of the molecule is CC(C)C[C@H]1[C@H](/C=C(/C(=O)O)C(C)C)OC(C)(C)N1C(=O)OCc1ccccc1. The number of ether oxygens (including phenoxy) is 2. The summed E-state index contributed by atoms with van der Waals surface area (Å²) in [4.78, 5) is 26.3. The smallest absolute Gasteiger partial charge is 0.412 e. The van der Waals surface area contributed by atoms with Gasteiger partial charge in [0.05, 0.1) is 12.1 Å². The predicted molar refractivity (Wildman–Crippen MR) is 111 cm³/mol. The van der Waals surface area contributed by atoms with Gasteiger partial charge in [-0.05, 0) is 43.7 Å². The van der Waals surface area contributed by atoms with Crippen molar-refractivity contribution in [2.24, 2.45) is 11.8 Å². The Bertz CT molecular complexity index is 739. The molecule has 0 bridgehead atoms. The van der Waals surface area contributed by atoms with Gasteiger partial charge >= 0.3 is 12.1 Å². The molecule has 1 aromatic carbocycles. The molecule has 1 aliphatic heterocycles. The van der Waals surface area contributed by atoms with E-state index in [0.717, 1.165) is 5.56 Å². The van der Waals surface area contributed by atoms with Gasteiger partial charge in [0.25, 0.3) is 0 Å². The first-order chi connectivity index (χ1) is 13.5. The minimum absolute atomic E-state index is 0.155. The lowest BCUT2D eigenvalue weighted by Crippen LogP contribution is -2.49. The highest BCUT2D eigenvalue weighted by atomic mass is 16.6. The van der Waals surface area contributed by atoms with Crippen molar-refractivity contribution >= 4 is 12.1 Å². The molecule has 0 unspecified atom stereocenters. The summed E-state index contributed by atoms with van der Waals surface area (Å²) in [6.07, 6.45) is 1.37. The van der Waals surface area contributed by atoms with Gasteiger partial charge in [-0.2, -0.15) is 0 Å². The normalized spacial score (nSPS) is 21.7. The van der Waals surface area contributed by atoms with Crippen molar-refractivity contribution in [3.63, 3.8) is 0 Å². The quantitative estimate of drug-likeness (QED) is 0.659. The van der Waals surface area contributed by atoms with E-state index >= 15 is 0 Å². The zero-order valence-corrected chi connectivity index (χ0v) is 18.2. The molecule has 160 valence electrons. The molecular weight excluding hydrogens is 370 g/mol. The summed E-state index contributed by atoms with van der Waals surface area (Å²) in [7, 11) is 0. The Balaban J connectivity index is 2.29. The molecule has 0 spiro atoms. The minimum Gasteiger partial charge on any atom is -0.478 e. The molecule has 1 fully saturated rings. The van der Waals surface area contributed by atoms with Crippen LogP contribution in [0, 0.1) is 11.8 Å². The lowest BCUT2D eigenvalue weighted by Gasteiger charge is -2.33. The largest absolute Gasteiger partial charge is 0.478 e. The van der Waals surface area contributed by atoms with Crippen LogP contribution in [0.4, 0.5) is 4.79 Å². The second-order valence-corrected chi connectivity index (χ2v) is 8.72. The topological polar surface area (TPSA) is 76.1 Å². The molecule has 1 N–H and O–H groups in total. The highest BCUT2D eigenvalue weighted by molar-refractivity contribution is 5.87. The molecule has 6 heteroatoms. The van der Waals surface area contributed by atoms with Crippen LogP contribution >= 0.6 is 0 Å². The molecule has 1 aliphatic rings. The molecule has 6 nitrogen and oxygen atoms in total. The molecule has 29 heavy (non-hydrogen) atoms. The molecule has 1 amide bonds. The van der Waals surface area contributed by atoms with Gasteiger partial charge in [-0.25, -0.2) is 9.59 Å². The summed E-state index contributed by atoms with van der Waals surface area (Å²) in [5.74, 6) is -0.821. The van der Waals surface area contributed by atoms with Gasteiger partial charge in [-0.1, -0.05) is 58.0 Å². The lowest BCUT2D eigenvalue weighted by molar-refractivity contribution is -0.133. The standard InChI is InChI=1S/C23H33NO5/c1-15(2)12-19-20(13-18(16(3)4)21(25)26)29-23(5,6)24(19)22(27)28-14-17-10-8-7-9-11-17/h7-11,13,15-16,19-20H,12,14H2,1-6H3,(H,25,26)/b18-13+/t19-,20-/m0/s1. The fourth-order valence-electron chi connectivity index (χ4n) is 3.71. The number of benzene rings is 1. The van der Waals surface area contributed by atoms with Crippen molar-refractivity contribution in [3.8, 4) is 0 Å². The predicted octanol–water partition coefficient (Wildman–Crippen LogP) is 4.84. The molecule has 2 rings (SSSR count). The summed E-state index contributed by atoms with van der Waals surface area (Å²) in [6.45, 7) is 11.6. The maximum absolute atomic E-state index is 13.0. The van der Waals surface area contributed by atoms with E-state index in [1.165, 1.54) is 0 Å². The van der Waals surface area contributed by atoms with Crippen LogP contribution in [-0.2, 0) is 20.9 Å². The van der Waals surface area contributed by atoms with Crippen molar-refractivity contribution in [1.29, 1.82) is 0 Å². The van der Waals surface area contributed by atoms with Gasteiger partial charge in [0.1, 0.15) is 12.3 Å². The summed E-state index contributed by atoms with van der Waals surface area (Å²) >= 11 is 0. The third kappa shape index (κ3) is 5.82. The van der Waals surface area contributed by atoms with Gasteiger partial charge in [0, 0.05) is 5.57 Å². The third-order valence-electron chi connectivity index (χ3n) is 5.04. The van der Waals surface area contributed by atoms with Crippen molar-refractivity contribution in [3.05, 3.63) is 47.5 Å². The van der Waals surface area contributed by atoms with E-state index < -0.39 is 23.9 Å². The molecule has 1 heterocycles. The zero-order valence-electron chi connectivity index (χ0n) is 18.2. The van der Waals surface area contributed by atoms with E-state index in [0.29, 0.717) is 17.9 Å². The maximum atomic E-state index is 13.0. The maximum Gasteiger partial charge on any atom is 0.412 e. The fraction of sp³-hybridized carbons (Fsp3) is 0.565. The summed E-state index contributed by atoms with van der Waals surface area (Å²) < 4.78 is 11.7. The van der Waals surface area contributed by atoms with Crippen molar-refractivity contribution in [2.45, 2.75) is 72.4 Å². The molecular formula is C23H33NO5. The van der Waals surface area contributed by atoms with E-state index in [2.05, 4.69) is 13.8 Å². The van der Waals surface area contributed by atoms with Crippen molar-refractivity contribution in [2.75, 3.05) is 0 Å². The highest BCUT2D eigenvalue weighted by Crippen LogP contribution is 2.37. The number of hydrogen-bond donors (Lipinski definition) is 1. The van der Waals surface area contributed by atoms with Crippen LogP contribution in [0.5, 0.6) is 0 Å². The van der Waals surface area contributed by atoms with Crippen LogP contribution in [-0.4, -0.2) is 39.9 Å². The number of rotatable bonds is 7. The number of hydrogen-bond acceptors (Lipinski definition) is 4. The van der Waals surface area contributed by atoms with E-state index in [4.69, 9.17) is 9.47 Å². The number of carbonyl (C=O) groups is 2. The van der Waals surface area contributed by atoms with Crippen molar-refractivity contribution < 1.29 is 24.2 Å². The molecule has 0 aliphatic carbocycles. The Kier molecular flexibility index (Phi) is 7.47. The number of aliphatic carboxylic acids is 1. The van der Waals surface area contributed by atoms with Crippen LogP contribution in [0.1, 0.15) is 53.5 Å². The highest BCUT2D eigenvalue weighted by Gasteiger charge is 2.50. The first-order valence-electron chi connectivity index (χ1n) is 10.2. The second kappa shape index (κ2) is 9.44. The third-order valence-corrected chi connectivity index (χ3v) is 5.04. The van der Waals surface area contributed by atoms with Crippen LogP contribution in [0.15, 0.2) is 42.0 Å². The first-order valence-corrected chi connectivity index (χ1v) is 10.2. The number of amides is 1. The molecule has 1 saturated heterocycles. The molecule has 0 aromatic heterocycles. The van der Waals surface area contributed by atoms with Gasteiger partial charge < -0.3 is 14.6 Å². The molecule has 0 radical (unpaired) electrons. The summed E-state index contributed by atoms with van der Waals surface area (Å²) in [6, 6.07) is 9.20. The van der Waals surface area contributed by atoms with E-state index in [1.54, 1.807) is 11.0 Å². The Hall–Kier alpha value is -2.34. The number of carbonyl (C=O) groups excluding carboxylic acids is 1. The fourth-order valence-corrected chi connectivity index (χ4v) is 3.71. The Labute approximate surface area is 173 Å². The summed E-state index contributed by atoms with van der Waals surface area (Å²) in [5, 5.41) is 9.56. The average Bonchev–Trinajstić information content (AvgIpc) is 2.87. The Morgan fingerprint density at radius 1 is 1.21 bits per heavy atom. The van der Waals surface area contributed by atoms with Crippen LogP contribution in [0.3, 0.4) is 0 Å². The van der Waals surface area contributed by atoms with Crippen LogP contribution in [0.25, 0.3) is 0 Å². The van der Waals surface area contributed by atoms with Gasteiger partial charge in [0.15, 0.2) is 0 Å². The minimum atomic E-state index is -0.963. The average molecular weight is 404 g/mol. The van der Waals surface area contributed by atoms with Crippen LogP contribution in [0.2, 0.25) is 0 Å². The van der Waals surface area contributed by atoms with Gasteiger partial charge in [-0.3, -0.25) is 4.90 Å². The Morgan fingerprint density at radius 2 is 1.83 bits per heavy atom. The van der Waals surface area contributed by atoms with E-state index in [9.17, 15) is 14.7 Å². The van der Waals surface area contributed by atoms with E-state index in [-0.39, 0.29) is 18.6 Å². The first kappa shape index (κ1) is 22.9. The monoisotopic (exact) mass is 403 g/mol. The van der Waals surface area contributed by atoms with Crippen molar-refractivity contribution in [1.82, 2.24) is 4.90 Å². The zero-order chi connectivity index (χ0) is 21.8. The van der Waals surface area contributed by atoms with Crippen LogP contribution < -0.4 is 0 Å². The Morgan fingerprint density at radius 3 is 2.34 bits per heavy atom. The molecule has 0 saturated carbocycles. The molecule has 1 aromatic rings. The van der Waals surface area contributed by atoms with Gasteiger partial charge in [-0.15, -0.1) is 0 Å². The molecule has 2 atom stereocenters. The lowest BCUT2D eigenvalue weighted by atomic mass is 9.94. The number of nitrogens with zero attached hydrogens (tertiary/aromatic N) is 1. The summed E-state index contributed by atoms with van der Waals surface area (Å²) in [5.41, 5.74) is 0.289. The van der Waals surface area contributed by atoms with Gasteiger partial charge in [0.2, 0.25) is 0 Å². The number of carboxylic acid groups (broad SMARTS) is 1. The second-order valence-electron chi connectivity index (χ2n) is 8.72.